The van der Waals surface area contributed by atoms with Gasteiger partial charge in [0.15, 0.2) is 0 Å². The number of aromatic amines is 1. The van der Waals surface area contributed by atoms with Crippen LogP contribution in [0.3, 0.4) is 0 Å². The lowest BCUT2D eigenvalue weighted by molar-refractivity contribution is -0.122. The number of rotatable bonds is 4. The van der Waals surface area contributed by atoms with E-state index in [1.807, 2.05) is 13.8 Å². The molecule has 0 saturated carbocycles. The summed E-state index contributed by atoms with van der Waals surface area (Å²) in [6, 6.07) is 0. The van der Waals surface area contributed by atoms with Crippen LogP contribution in [0.1, 0.15) is 13.8 Å². The summed E-state index contributed by atoms with van der Waals surface area (Å²) in [5.41, 5.74) is 0. The van der Waals surface area contributed by atoms with Crippen molar-refractivity contribution in [3.63, 3.8) is 0 Å². The van der Waals surface area contributed by atoms with E-state index in [4.69, 9.17) is 12.2 Å². The van der Waals surface area contributed by atoms with Crippen LogP contribution in [0.15, 0.2) is 0 Å². The highest BCUT2D eigenvalue weighted by molar-refractivity contribution is 7.71. The molecule has 2 N–H and O–H groups in total. The molecule has 0 atom stereocenters. The minimum Gasteiger partial charge on any atom is -0.354 e. The summed E-state index contributed by atoms with van der Waals surface area (Å²) < 4.78 is 1.69. The lowest BCUT2D eigenvalue weighted by Crippen LogP contribution is -2.31. The highest BCUT2D eigenvalue weighted by atomic mass is 32.1. The maximum atomic E-state index is 11.3. The number of hydrogen-bond donors (Lipinski definition) is 2. The van der Waals surface area contributed by atoms with E-state index in [1.54, 1.807) is 0 Å². The fourth-order valence-electron chi connectivity index (χ4n) is 0.836. The molecule has 0 aliphatic rings. The summed E-state index contributed by atoms with van der Waals surface area (Å²) >= 11 is 4.82. The molecule has 7 heteroatoms. The Labute approximate surface area is 86.7 Å². The highest BCUT2D eigenvalue weighted by Crippen LogP contribution is 1.88. The topological polar surface area (TPSA) is 75.6 Å². The number of nitrogens with zero attached hydrogens (tertiary/aromatic N) is 3. The Balaban J connectivity index is 2.42. The van der Waals surface area contributed by atoms with Crippen molar-refractivity contribution in [1.29, 1.82) is 0 Å². The number of carbonyl (C=O) groups is 1. The third kappa shape index (κ3) is 3.25. The summed E-state index contributed by atoms with van der Waals surface area (Å²) in [7, 11) is 0. The molecule has 1 aromatic heterocycles. The summed E-state index contributed by atoms with van der Waals surface area (Å²) in [5, 5.41) is 12.3. The average molecular weight is 215 g/mol. The van der Waals surface area contributed by atoms with Gasteiger partial charge in [0.2, 0.25) is 10.7 Å². The molecule has 0 aliphatic carbocycles. The first kappa shape index (κ1) is 10.8. The zero-order valence-electron chi connectivity index (χ0n) is 8.15. The second-order valence-corrected chi connectivity index (χ2v) is 3.73. The average Bonchev–Trinajstić information content (AvgIpc) is 2.49. The molecule has 0 aliphatic heterocycles. The summed E-state index contributed by atoms with van der Waals surface area (Å²) in [6.07, 6.45) is 0. The number of hydrogen-bond acceptors (Lipinski definition) is 4. The van der Waals surface area contributed by atoms with E-state index in [9.17, 15) is 4.79 Å². The van der Waals surface area contributed by atoms with E-state index in [0.29, 0.717) is 12.5 Å². The van der Waals surface area contributed by atoms with Crippen LogP contribution in [-0.4, -0.2) is 32.7 Å². The molecule has 14 heavy (non-hydrogen) atoms. The molecule has 0 fully saturated rings. The molecular formula is C7H13N5OS. The second kappa shape index (κ2) is 4.85. The smallest absolute Gasteiger partial charge is 0.241 e. The number of aromatic nitrogens is 4. The van der Waals surface area contributed by atoms with Gasteiger partial charge in [-0.2, -0.15) is 5.21 Å². The van der Waals surface area contributed by atoms with Gasteiger partial charge in [-0.1, -0.05) is 24.2 Å². The number of H-pyrrole nitrogens is 1. The molecule has 0 aromatic carbocycles. The normalized spacial score (nSPS) is 10.5. The molecule has 0 radical (unpaired) electrons. The highest BCUT2D eigenvalue weighted by Gasteiger charge is 2.04. The van der Waals surface area contributed by atoms with Gasteiger partial charge in [0.1, 0.15) is 6.54 Å². The molecule has 0 saturated heterocycles. The second-order valence-electron chi connectivity index (χ2n) is 3.37. The van der Waals surface area contributed by atoms with E-state index in [2.05, 4.69) is 20.8 Å². The first-order chi connectivity index (χ1) is 6.59. The van der Waals surface area contributed by atoms with Gasteiger partial charge in [0.05, 0.1) is 0 Å². The van der Waals surface area contributed by atoms with Crippen LogP contribution in [0, 0.1) is 10.7 Å². The summed E-state index contributed by atoms with van der Waals surface area (Å²) in [6.45, 7) is 4.86. The van der Waals surface area contributed by atoms with E-state index in [1.165, 1.54) is 4.68 Å². The monoisotopic (exact) mass is 215 g/mol. The first-order valence-electron chi connectivity index (χ1n) is 4.34. The molecule has 0 unspecified atom stereocenters. The lowest BCUT2D eigenvalue weighted by atomic mass is 10.2. The predicted octanol–water partition coefficient (Wildman–Crippen LogP) is 0.108. The molecule has 6 nitrogen and oxygen atoms in total. The third-order valence-corrected chi connectivity index (χ3v) is 1.84. The fraction of sp³-hybridized carbons (Fsp3) is 0.714. The van der Waals surface area contributed by atoms with Crippen LogP contribution in [0.4, 0.5) is 0 Å². The molecule has 1 rings (SSSR count). The van der Waals surface area contributed by atoms with E-state index >= 15 is 0 Å². The largest absolute Gasteiger partial charge is 0.354 e. The zero-order valence-corrected chi connectivity index (χ0v) is 8.97. The van der Waals surface area contributed by atoms with Gasteiger partial charge in [-0.25, -0.2) is 4.68 Å². The quantitative estimate of drug-likeness (QED) is 0.699. The van der Waals surface area contributed by atoms with Gasteiger partial charge in [0.25, 0.3) is 0 Å². The molecule has 1 heterocycles. The van der Waals surface area contributed by atoms with Crippen molar-refractivity contribution in [2.75, 3.05) is 6.54 Å². The number of nitrogens with one attached hydrogen (secondary N) is 2. The van der Waals surface area contributed by atoms with Gasteiger partial charge in [0, 0.05) is 6.54 Å². The van der Waals surface area contributed by atoms with Crippen molar-refractivity contribution in [2.24, 2.45) is 5.92 Å². The van der Waals surface area contributed by atoms with Crippen molar-refractivity contribution >= 4 is 18.1 Å². The number of tetrazole rings is 1. The standard InChI is InChI=1S/C7H13N5OS/c1-5(2)3-8-6(13)4-12-7(14)9-10-11-12/h5H,3-4H2,1-2H3,(H,8,13)(H,9,11,14). The maximum Gasteiger partial charge on any atom is 0.241 e. The van der Waals surface area contributed by atoms with Crippen LogP contribution in [0.2, 0.25) is 0 Å². The molecule has 1 aromatic rings. The van der Waals surface area contributed by atoms with Crippen LogP contribution in [0.25, 0.3) is 0 Å². The zero-order chi connectivity index (χ0) is 10.6. The predicted molar refractivity (Wildman–Crippen MR) is 53.1 cm³/mol. The van der Waals surface area contributed by atoms with Crippen molar-refractivity contribution in [2.45, 2.75) is 20.4 Å². The molecular weight excluding hydrogens is 202 g/mol. The Morgan fingerprint density at radius 1 is 1.71 bits per heavy atom. The number of carbonyl (C=O) groups excluding carboxylic acids is 1. The van der Waals surface area contributed by atoms with Crippen LogP contribution < -0.4 is 5.32 Å². The first-order valence-corrected chi connectivity index (χ1v) is 4.75. The fourth-order valence-corrected chi connectivity index (χ4v) is 0.983. The molecule has 0 spiro atoms. The number of amides is 1. The summed E-state index contributed by atoms with van der Waals surface area (Å²) in [5.74, 6) is 0.340. The Hall–Kier alpha value is -1.24. The summed E-state index contributed by atoms with van der Waals surface area (Å²) in [4.78, 5) is 11.3. The van der Waals surface area contributed by atoms with Crippen LogP contribution >= 0.6 is 12.2 Å². The SMILES string of the molecule is CC(C)CNC(=O)Cn1[nH]nnc1=S. The van der Waals surface area contributed by atoms with Crippen molar-refractivity contribution < 1.29 is 4.79 Å². The Morgan fingerprint density at radius 3 is 2.93 bits per heavy atom. The van der Waals surface area contributed by atoms with Crippen molar-refractivity contribution in [1.82, 2.24) is 25.5 Å². The Kier molecular flexibility index (Phi) is 3.75. The minimum absolute atomic E-state index is 0.0964. The van der Waals surface area contributed by atoms with E-state index in [0.717, 1.165) is 0 Å². The van der Waals surface area contributed by atoms with Crippen LogP contribution in [0.5, 0.6) is 0 Å². The van der Waals surface area contributed by atoms with Crippen molar-refractivity contribution in [3.8, 4) is 0 Å². The van der Waals surface area contributed by atoms with Crippen molar-refractivity contribution in [3.05, 3.63) is 4.77 Å². The van der Waals surface area contributed by atoms with Gasteiger partial charge in [-0.05, 0) is 18.1 Å². The van der Waals surface area contributed by atoms with Gasteiger partial charge < -0.3 is 5.32 Å². The molecule has 1 amide bonds. The Bertz CT molecular complexity index is 355. The van der Waals surface area contributed by atoms with E-state index < -0.39 is 0 Å². The molecule has 0 bridgehead atoms. The molecule has 78 valence electrons. The van der Waals surface area contributed by atoms with Crippen LogP contribution in [-0.2, 0) is 11.3 Å². The van der Waals surface area contributed by atoms with Gasteiger partial charge >= 0.3 is 0 Å². The Morgan fingerprint density at radius 2 is 2.43 bits per heavy atom. The maximum absolute atomic E-state index is 11.3. The van der Waals surface area contributed by atoms with E-state index in [-0.39, 0.29) is 17.2 Å². The van der Waals surface area contributed by atoms with Gasteiger partial charge in [-0.3, -0.25) is 4.79 Å². The van der Waals surface area contributed by atoms with Gasteiger partial charge in [-0.15, -0.1) is 0 Å². The minimum atomic E-state index is -0.0964. The third-order valence-electron chi connectivity index (χ3n) is 1.54. The lowest BCUT2D eigenvalue weighted by Gasteiger charge is -2.06.